The summed E-state index contributed by atoms with van der Waals surface area (Å²) in [4.78, 5) is -0.721. The monoisotopic (exact) mass is 341 g/mol. The summed E-state index contributed by atoms with van der Waals surface area (Å²) >= 11 is 1.74. The first-order valence-corrected chi connectivity index (χ1v) is 9.31. The van der Waals surface area contributed by atoms with Gasteiger partial charge in [-0.3, -0.25) is 0 Å². The lowest BCUT2D eigenvalue weighted by Gasteiger charge is -2.14. The van der Waals surface area contributed by atoms with Gasteiger partial charge >= 0.3 is 5.51 Å². The maximum absolute atomic E-state index is 12.6. The van der Waals surface area contributed by atoms with Crippen LogP contribution in [0.15, 0.2) is 29.2 Å². The van der Waals surface area contributed by atoms with Crippen molar-refractivity contribution in [2.45, 2.75) is 29.7 Å². The van der Waals surface area contributed by atoms with Crippen LogP contribution in [-0.4, -0.2) is 32.5 Å². The van der Waals surface area contributed by atoms with Crippen LogP contribution in [0.3, 0.4) is 0 Å². The fourth-order valence-electron chi connectivity index (χ4n) is 1.74. The van der Waals surface area contributed by atoms with Gasteiger partial charge in [-0.05, 0) is 37.0 Å². The van der Waals surface area contributed by atoms with E-state index in [-0.39, 0.29) is 5.69 Å². The molecule has 0 radical (unpaired) electrons. The Hall–Kier alpha value is -0.890. The summed E-state index contributed by atoms with van der Waals surface area (Å²) in [6.45, 7) is 0.443. The highest BCUT2D eigenvalue weighted by Crippen LogP contribution is 2.34. The number of hydrogen-bond donors (Lipinski definition) is 1. The molecule has 0 aliphatic rings. The molecule has 120 valence electrons. The van der Waals surface area contributed by atoms with Crippen molar-refractivity contribution in [2.24, 2.45) is 0 Å². The predicted octanol–water partition coefficient (Wildman–Crippen LogP) is 3.93. The van der Waals surface area contributed by atoms with Crippen LogP contribution in [0.1, 0.15) is 19.3 Å². The topological polar surface area (TPSA) is 46.2 Å². The van der Waals surface area contributed by atoms with Crippen LogP contribution in [-0.2, 0) is 9.84 Å². The molecule has 0 atom stereocenters. The van der Waals surface area contributed by atoms with E-state index in [2.05, 4.69) is 5.32 Å². The van der Waals surface area contributed by atoms with Crippen molar-refractivity contribution in [3.8, 4) is 0 Å². The van der Waals surface area contributed by atoms with E-state index >= 15 is 0 Å². The van der Waals surface area contributed by atoms with Crippen LogP contribution < -0.4 is 5.32 Å². The molecule has 3 nitrogen and oxygen atoms in total. The van der Waals surface area contributed by atoms with Crippen LogP contribution in [0.25, 0.3) is 0 Å². The molecule has 0 aliphatic carbocycles. The SMILES string of the molecule is CSCCCCCNc1ccccc1S(=O)(=O)C(F)(F)F. The van der Waals surface area contributed by atoms with Crippen molar-refractivity contribution in [3.63, 3.8) is 0 Å². The smallest absolute Gasteiger partial charge is 0.384 e. The molecule has 0 aliphatic heterocycles. The summed E-state index contributed by atoms with van der Waals surface area (Å²) in [7, 11) is -5.32. The zero-order valence-electron chi connectivity index (χ0n) is 11.6. The number of para-hydroxylation sites is 1. The largest absolute Gasteiger partial charge is 0.501 e. The Morgan fingerprint density at radius 2 is 1.81 bits per heavy atom. The zero-order valence-corrected chi connectivity index (χ0v) is 13.2. The van der Waals surface area contributed by atoms with Crippen LogP contribution in [0.4, 0.5) is 18.9 Å². The maximum atomic E-state index is 12.6. The van der Waals surface area contributed by atoms with E-state index in [4.69, 9.17) is 0 Å². The molecule has 0 heterocycles. The van der Waals surface area contributed by atoms with Gasteiger partial charge < -0.3 is 5.32 Å². The fraction of sp³-hybridized carbons (Fsp3) is 0.538. The second-order valence-corrected chi connectivity index (χ2v) is 7.32. The molecule has 0 saturated heterocycles. The summed E-state index contributed by atoms with van der Waals surface area (Å²) in [6, 6.07) is 5.10. The second kappa shape index (κ2) is 7.93. The van der Waals surface area contributed by atoms with Gasteiger partial charge in [-0.25, -0.2) is 8.42 Å². The van der Waals surface area contributed by atoms with Crippen LogP contribution in [0, 0.1) is 0 Å². The highest BCUT2D eigenvalue weighted by Gasteiger charge is 2.47. The summed E-state index contributed by atoms with van der Waals surface area (Å²) in [5, 5.41) is 2.78. The van der Waals surface area contributed by atoms with E-state index in [0.29, 0.717) is 6.54 Å². The third-order valence-electron chi connectivity index (χ3n) is 2.82. The van der Waals surface area contributed by atoms with Gasteiger partial charge in [0.2, 0.25) is 0 Å². The number of thioether (sulfide) groups is 1. The van der Waals surface area contributed by atoms with E-state index in [1.54, 1.807) is 11.8 Å². The molecule has 1 N–H and O–H groups in total. The molecule has 0 aromatic heterocycles. The molecule has 1 aromatic carbocycles. The first kappa shape index (κ1) is 18.2. The lowest BCUT2D eigenvalue weighted by Crippen LogP contribution is -2.24. The highest BCUT2D eigenvalue weighted by molar-refractivity contribution is 7.98. The number of alkyl halides is 3. The lowest BCUT2D eigenvalue weighted by atomic mass is 10.2. The average Bonchev–Trinajstić information content (AvgIpc) is 2.42. The highest BCUT2D eigenvalue weighted by atomic mass is 32.2. The number of unbranched alkanes of at least 4 members (excludes halogenated alkanes) is 2. The summed E-state index contributed by atoms with van der Waals surface area (Å²) in [6.07, 6.45) is 4.77. The molecule has 1 rings (SSSR count). The number of anilines is 1. The molecule has 0 unspecified atom stereocenters. The minimum atomic E-state index is -5.32. The van der Waals surface area contributed by atoms with Gasteiger partial charge in [0.05, 0.1) is 10.6 Å². The summed E-state index contributed by atoms with van der Waals surface area (Å²) in [5.41, 5.74) is -5.29. The van der Waals surface area contributed by atoms with Crippen LogP contribution in [0.5, 0.6) is 0 Å². The molecule has 1 aromatic rings. The Labute approximate surface area is 127 Å². The number of hydrogen-bond acceptors (Lipinski definition) is 4. The van der Waals surface area contributed by atoms with Gasteiger partial charge in [-0.1, -0.05) is 18.6 Å². The van der Waals surface area contributed by atoms with E-state index in [0.717, 1.165) is 31.1 Å². The van der Waals surface area contributed by atoms with E-state index in [1.807, 2.05) is 6.26 Å². The van der Waals surface area contributed by atoms with Gasteiger partial charge in [0.15, 0.2) is 0 Å². The number of benzene rings is 1. The number of halogens is 3. The quantitative estimate of drug-likeness (QED) is 0.728. The van der Waals surface area contributed by atoms with E-state index in [9.17, 15) is 21.6 Å². The predicted molar refractivity (Wildman–Crippen MR) is 80.4 cm³/mol. The van der Waals surface area contributed by atoms with Gasteiger partial charge in [-0.15, -0.1) is 0 Å². The molecule has 0 amide bonds. The molecular weight excluding hydrogens is 323 g/mol. The number of rotatable bonds is 8. The Morgan fingerprint density at radius 1 is 1.14 bits per heavy atom. The molecule has 0 bridgehead atoms. The first-order valence-electron chi connectivity index (χ1n) is 6.44. The first-order chi connectivity index (χ1) is 9.80. The van der Waals surface area contributed by atoms with Crippen LogP contribution in [0.2, 0.25) is 0 Å². The second-order valence-electron chi connectivity index (χ2n) is 4.43. The van der Waals surface area contributed by atoms with E-state index in [1.165, 1.54) is 18.2 Å². The molecule has 21 heavy (non-hydrogen) atoms. The Bertz CT molecular complexity index is 545. The Balaban J connectivity index is 2.73. The van der Waals surface area contributed by atoms with Gasteiger partial charge in [0.1, 0.15) is 0 Å². The standard InChI is InChI=1S/C13H18F3NO2S2/c1-20-10-6-2-5-9-17-11-7-3-4-8-12(11)21(18,19)13(14,15)16/h3-4,7-8,17H,2,5-6,9-10H2,1H3. The summed E-state index contributed by atoms with van der Waals surface area (Å²) < 4.78 is 60.8. The van der Waals surface area contributed by atoms with Gasteiger partial charge in [0, 0.05) is 6.54 Å². The molecule has 0 fully saturated rings. The lowest BCUT2D eigenvalue weighted by molar-refractivity contribution is -0.0435. The normalized spacial score (nSPS) is 12.4. The number of nitrogens with one attached hydrogen (secondary N) is 1. The van der Waals surface area contributed by atoms with Crippen molar-refractivity contribution in [2.75, 3.05) is 23.9 Å². The van der Waals surface area contributed by atoms with Crippen molar-refractivity contribution < 1.29 is 21.6 Å². The van der Waals surface area contributed by atoms with Crippen molar-refractivity contribution in [1.29, 1.82) is 0 Å². The average molecular weight is 341 g/mol. The van der Waals surface area contributed by atoms with E-state index < -0.39 is 20.2 Å². The Kier molecular flexibility index (Phi) is 6.86. The van der Waals surface area contributed by atoms with Crippen molar-refractivity contribution in [3.05, 3.63) is 24.3 Å². The Morgan fingerprint density at radius 3 is 2.43 bits per heavy atom. The van der Waals surface area contributed by atoms with Gasteiger partial charge in [-0.2, -0.15) is 24.9 Å². The maximum Gasteiger partial charge on any atom is 0.501 e. The number of sulfone groups is 1. The minimum absolute atomic E-state index is 0.000286. The fourth-order valence-corrected chi connectivity index (χ4v) is 3.17. The van der Waals surface area contributed by atoms with Crippen molar-refractivity contribution in [1.82, 2.24) is 0 Å². The third-order valence-corrected chi connectivity index (χ3v) is 5.06. The van der Waals surface area contributed by atoms with Crippen LogP contribution >= 0.6 is 11.8 Å². The molecule has 0 spiro atoms. The molecule has 8 heteroatoms. The molecular formula is C13H18F3NO2S2. The summed E-state index contributed by atoms with van der Waals surface area (Å²) in [5.74, 6) is 1.04. The zero-order chi connectivity index (χ0) is 15.9. The third kappa shape index (κ3) is 5.10. The minimum Gasteiger partial charge on any atom is -0.384 e. The molecule has 0 saturated carbocycles. The van der Waals surface area contributed by atoms with Crippen molar-refractivity contribution >= 4 is 27.3 Å². The van der Waals surface area contributed by atoms with Gasteiger partial charge in [0.25, 0.3) is 9.84 Å².